The van der Waals surface area contributed by atoms with Crippen molar-refractivity contribution in [2.24, 2.45) is 5.73 Å². The van der Waals surface area contributed by atoms with E-state index in [4.69, 9.17) is 5.73 Å². The van der Waals surface area contributed by atoms with Crippen LogP contribution >= 0.6 is 11.3 Å². The van der Waals surface area contributed by atoms with Gasteiger partial charge >= 0.3 is 0 Å². The molecule has 0 spiro atoms. The maximum Gasteiger partial charge on any atom is 0.0668 e. The molecule has 2 nitrogen and oxygen atoms in total. The van der Waals surface area contributed by atoms with Gasteiger partial charge in [-0.2, -0.15) is 11.3 Å². The third-order valence-electron chi connectivity index (χ3n) is 2.34. The Morgan fingerprint density at radius 1 is 1.62 bits per heavy atom. The molecule has 0 radical (unpaired) electrons. The van der Waals surface area contributed by atoms with Crippen LogP contribution in [0.4, 0.5) is 0 Å². The molecular formula is C10H17NOS. The van der Waals surface area contributed by atoms with Gasteiger partial charge in [0, 0.05) is 6.54 Å². The molecule has 3 N–H and O–H groups in total. The second-order valence-corrected chi connectivity index (χ2v) is 4.07. The van der Waals surface area contributed by atoms with Crippen LogP contribution in [0.1, 0.15) is 31.2 Å². The van der Waals surface area contributed by atoms with Gasteiger partial charge in [0.2, 0.25) is 0 Å². The molecule has 1 aromatic rings. The lowest BCUT2D eigenvalue weighted by atomic mass is 9.93. The summed E-state index contributed by atoms with van der Waals surface area (Å²) in [4.78, 5) is 0. The van der Waals surface area contributed by atoms with Crippen molar-refractivity contribution in [1.82, 2.24) is 0 Å². The maximum atomic E-state index is 9.44. The predicted octanol–water partition coefficient (Wildman–Crippen LogP) is 1.95. The molecule has 1 heterocycles. The number of aliphatic hydroxyl groups excluding tert-OH is 1. The Bertz CT molecular complexity index is 223. The van der Waals surface area contributed by atoms with Crippen molar-refractivity contribution in [1.29, 1.82) is 0 Å². The van der Waals surface area contributed by atoms with Gasteiger partial charge in [-0.3, -0.25) is 0 Å². The molecule has 2 unspecified atom stereocenters. The number of hydrogen-bond acceptors (Lipinski definition) is 3. The lowest BCUT2D eigenvalue weighted by molar-refractivity contribution is 0.162. The first-order valence-corrected chi connectivity index (χ1v) is 5.62. The molecule has 3 heteroatoms. The molecule has 2 atom stereocenters. The monoisotopic (exact) mass is 199 g/mol. The standard InChI is InChI=1S/C10H17NOS/c1-2-8(5-10(12)6-11)9-3-4-13-7-9/h3-4,7-8,10,12H,2,5-6,11H2,1H3. The topological polar surface area (TPSA) is 46.2 Å². The molecule has 0 saturated carbocycles. The minimum Gasteiger partial charge on any atom is -0.392 e. The Morgan fingerprint density at radius 2 is 2.38 bits per heavy atom. The quantitative estimate of drug-likeness (QED) is 0.761. The van der Waals surface area contributed by atoms with E-state index in [9.17, 15) is 5.11 Å². The first-order chi connectivity index (χ1) is 6.27. The van der Waals surface area contributed by atoms with Gasteiger partial charge in [-0.25, -0.2) is 0 Å². The number of thiophene rings is 1. The maximum absolute atomic E-state index is 9.44. The van der Waals surface area contributed by atoms with E-state index in [2.05, 4.69) is 23.8 Å². The van der Waals surface area contributed by atoms with E-state index in [-0.39, 0.29) is 6.10 Å². The van der Waals surface area contributed by atoms with Gasteiger partial charge in [0.05, 0.1) is 6.10 Å². The summed E-state index contributed by atoms with van der Waals surface area (Å²) in [6, 6.07) is 2.13. The van der Waals surface area contributed by atoms with Crippen LogP contribution in [0.15, 0.2) is 16.8 Å². The van der Waals surface area contributed by atoms with Crippen LogP contribution in [0.25, 0.3) is 0 Å². The van der Waals surface area contributed by atoms with Gasteiger partial charge in [0.25, 0.3) is 0 Å². The van der Waals surface area contributed by atoms with Crippen LogP contribution < -0.4 is 5.73 Å². The van der Waals surface area contributed by atoms with Crippen LogP contribution in [-0.4, -0.2) is 17.8 Å². The summed E-state index contributed by atoms with van der Waals surface area (Å²) in [5, 5.41) is 13.7. The molecule has 0 aliphatic heterocycles. The smallest absolute Gasteiger partial charge is 0.0668 e. The first kappa shape index (κ1) is 10.7. The average Bonchev–Trinajstić information content (AvgIpc) is 2.66. The summed E-state index contributed by atoms with van der Waals surface area (Å²) in [7, 11) is 0. The lowest BCUT2D eigenvalue weighted by Crippen LogP contribution is -2.22. The zero-order valence-electron chi connectivity index (χ0n) is 7.94. The molecule has 0 fully saturated rings. The summed E-state index contributed by atoms with van der Waals surface area (Å²) in [6.45, 7) is 2.51. The van der Waals surface area contributed by atoms with Gasteiger partial charge in [-0.1, -0.05) is 6.92 Å². The van der Waals surface area contributed by atoms with E-state index in [1.54, 1.807) is 11.3 Å². The van der Waals surface area contributed by atoms with E-state index in [1.807, 2.05) is 0 Å². The van der Waals surface area contributed by atoms with Gasteiger partial charge in [0.15, 0.2) is 0 Å². The summed E-state index contributed by atoms with van der Waals surface area (Å²) in [5.74, 6) is 0.463. The highest BCUT2D eigenvalue weighted by molar-refractivity contribution is 7.07. The largest absolute Gasteiger partial charge is 0.392 e. The van der Waals surface area contributed by atoms with Crippen LogP contribution in [0, 0.1) is 0 Å². The molecular weight excluding hydrogens is 182 g/mol. The fourth-order valence-corrected chi connectivity index (χ4v) is 2.21. The SMILES string of the molecule is CCC(CC(O)CN)c1ccsc1. The van der Waals surface area contributed by atoms with Crippen LogP contribution in [0.2, 0.25) is 0 Å². The molecule has 0 saturated heterocycles. The van der Waals surface area contributed by atoms with Crippen molar-refractivity contribution in [2.45, 2.75) is 31.8 Å². The molecule has 74 valence electrons. The highest BCUT2D eigenvalue weighted by Gasteiger charge is 2.13. The van der Waals surface area contributed by atoms with E-state index >= 15 is 0 Å². The highest BCUT2D eigenvalue weighted by atomic mass is 32.1. The number of aliphatic hydroxyl groups is 1. The van der Waals surface area contributed by atoms with Gasteiger partial charge in [-0.05, 0) is 41.1 Å². The highest BCUT2D eigenvalue weighted by Crippen LogP contribution is 2.26. The fraction of sp³-hybridized carbons (Fsp3) is 0.600. The van der Waals surface area contributed by atoms with Gasteiger partial charge in [0.1, 0.15) is 0 Å². The van der Waals surface area contributed by atoms with Crippen molar-refractivity contribution in [3.05, 3.63) is 22.4 Å². The minimum absolute atomic E-state index is 0.357. The Kier molecular flexibility index (Phi) is 4.42. The Morgan fingerprint density at radius 3 is 2.85 bits per heavy atom. The first-order valence-electron chi connectivity index (χ1n) is 4.68. The zero-order valence-corrected chi connectivity index (χ0v) is 8.76. The van der Waals surface area contributed by atoms with E-state index < -0.39 is 0 Å². The molecule has 0 amide bonds. The second-order valence-electron chi connectivity index (χ2n) is 3.29. The normalized spacial score (nSPS) is 15.6. The van der Waals surface area contributed by atoms with Crippen LogP contribution in [0.5, 0.6) is 0 Å². The summed E-state index contributed by atoms with van der Waals surface area (Å²) in [6.07, 6.45) is 1.49. The summed E-state index contributed by atoms with van der Waals surface area (Å²) < 4.78 is 0. The van der Waals surface area contributed by atoms with E-state index in [1.165, 1.54) is 5.56 Å². The Labute approximate surface area is 83.4 Å². The van der Waals surface area contributed by atoms with Gasteiger partial charge < -0.3 is 10.8 Å². The molecule has 13 heavy (non-hydrogen) atoms. The van der Waals surface area contributed by atoms with Crippen molar-refractivity contribution in [2.75, 3.05) is 6.54 Å². The molecule has 0 aromatic carbocycles. The van der Waals surface area contributed by atoms with Crippen LogP contribution in [-0.2, 0) is 0 Å². The molecule has 1 rings (SSSR count). The van der Waals surface area contributed by atoms with Crippen molar-refractivity contribution in [3.8, 4) is 0 Å². The summed E-state index contributed by atoms with van der Waals surface area (Å²) >= 11 is 1.71. The third-order valence-corrected chi connectivity index (χ3v) is 3.04. The van der Waals surface area contributed by atoms with Crippen molar-refractivity contribution < 1.29 is 5.11 Å². The lowest BCUT2D eigenvalue weighted by Gasteiger charge is -2.16. The molecule has 1 aromatic heterocycles. The zero-order chi connectivity index (χ0) is 9.68. The number of hydrogen-bond donors (Lipinski definition) is 2. The molecule has 0 bridgehead atoms. The third kappa shape index (κ3) is 3.10. The minimum atomic E-state index is -0.357. The van der Waals surface area contributed by atoms with E-state index in [0.29, 0.717) is 12.5 Å². The number of nitrogens with two attached hydrogens (primary N) is 1. The van der Waals surface area contributed by atoms with E-state index in [0.717, 1.165) is 12.8 Å². The fourth-order valence-electron chi connectivity index (χ4n) is 1.47. The van der Waals surface area contributed by atoms with Crippen molar-refractivity contribution >= 4 is 11.3 Å². The van der Waals surface area contributed by atoms with Gasteiger partial charge in [-0.15, -0.1) is 0 Å². The average molecular weight is 199 g/mol. The Hall–Kier alpha value is -0.380. The summed E-state index contributed by atoms with van der Waals surface area (Å²) in [5.41, 5.74) is 6.71. The van der Waals surface area contributed by atoms with Crippen LogP contribution in [0.3, 0.4) is 0 Å². The molecule has 0 aliphatic rings. The molecule has 0 aliphatic carbocycles. The predicted molar refractivity (Wildman–Crippen MR) is 57.0 cm³/mol. The number of rotatable bonds is 5. The Balaban J connectivity index is 2.53. The van der Waals surface area contributed by atoms with Crippen molar-refractivity contribution in [3.63, 3.8) is 0 Å². The second kappa shape index (κ2) is 5.37.